The van der Waals surface area contributed by atoms with E-state index in [-0.39, 0.29) is 5.91 Å². The Morgan fingerprint density at radius 3 is 2.52 bits per heavy atom. The summed E-state index contributed by atoms with van der Waals surface area (Å²) in [6.07, 6.45) is 3.61. The maximum absolute atomic E-state index is 12.7. The van der Waals surface area contributed by atoms with Crippen molar-refractivity contribution in [2.45, 2.75) is 31.8 Å². The number of likely N-dealkylation sites (tertiary alicyclic amines) is 1. The third kappa shape index (κ3) is 5.03. The lowest BCUT2D eigenvalue weighted by atomic mass is 9.94. The number of nitrogens with zero attached hydrogens (tertiary/aromatic N) is 3. The Bertz CT molecular complexity index is 551. The third-order valence-corrected chi connectivity index (χ3v) is 5.29. The van der Waals surface area contributed by atoms with Crippen LogP contribution in [0.25, 0.3) is 0 Å². The Balaban J connectivity index is 1.64. The van der Waals surface area contributed by atoms with E-state index in [0.29, 0.717) is 12.6 Å². The molecule has 2 aliphatic heterocycles. The molecule has 138 valence electrons. The number of hydrogen-bond acceptors (Lipinski definition) is 4. The molecular weight excluding hydrogens is 312 g/mol. The van der Waals surface area contributed by atoms with E-state index in [1.165, 1.54) is 24.0 Å². The summed E-state index contributed by atoms with van der Waals surface area (Å²) in [5.74, 6) is 0.289. The van der Waals surface area contributed by atoms with Gasteiger partial charge >= 0.3 is 0 Å². The second-order valence-electron chi connectivity index (χ2n) is 7.59. The van der Waals surface area contributed by atoms with Gasteiger partial charge in [-0.1, -0.05) is 30.7 Å². The smallest absolute Gasteiger partial charge is 0.236 e. The zero-order valence-electron chi connectivity index (χ0n) is 15.7. The molecule has 3 rings (SSSR count). The van der Waals surface area contributed by atoms with Crippen molar-refractivity contribution < 1.29 is 4.79 Å². The van der Waals surface area contributed by atoms with E-state index >= 15 is 0 Å². The van der Waals surface area contributed by atoms with Crippen LogP contribution in [0.1, 0.15) is 36.4 Å². The van der Waals surface area contributed by atoms with E-state index in [9.17, 15) is 4.79 Å². The van der Waals surface area contributed by atoms with Crippen molar-refractivity contribution >= 4 is 5.91 Å². The minimum Gasteiger partial charge on any atom is -0.339 e. The number of hydrogen-bond donors (Lipinski definition) is 1. The molecule has 0 spiro atoms. The molecule has 0 radical (unpaired) electrons. The van der Waals surface area contributed by atoms with Gasteiger partial charge in [0, 0.05) is 38.8 Å². The van der Waals surface area contributed by atoms with Gasteiger partial charge in [0.1, 0.15) is 0 Å². The predicted molar refractivity (Wildman–Crippen MR) is 101 cm³/mol. The second-order valence-corrected chi connectivity index (χ2v) is 7.59. The minimum atomic E-state index is 0.289. The van der Waals surface area contributed by atoms with Gasteiger partial charge < -0.3 is 15.1 Å². The van der Waals surface area contributed by atoms with Crippen molar-refractivity contribution in [3.8, 4) is 0 Å². The number of nitrogens with one attached hydrogen (secondary N) is 1. The first-order chi connectivity index (χ1) is 12.1. The quantitative estimate of drug-likeness (QED) is 0.883. The van der Waals surface area contributed by atoms with Crippen molar-refractivity contribution in [1.82, 2.24) is 20.0 Å². The number of piperazine rings is 1. The highest BCUT2D eigenvalue weighted by Gasteiger charge is 2.27. The van der Waals surface area contributed by atoms with Crippen LogP contribution >= 0.6 is 0 Å². The standard InChI is InChI=1S/C20H32N4O/c1-22(2)15-17-6-8-18(9-7-17)19-5-3-4-12-24(19)16-20(25)23-13-10-21-11-14-23/h6-9,19,21H,3-5,10-16H2,1-2H3/t19-/m0/s1. The molecule has 1 aromatic rings. The van der Waals surface area contributed by atoms with Crippen LogP contribution in [-0.2, 0) is 11.3 Å². The molecule has 0 unspecified atom stereocenters. The first-order valence-corrected chi connectivity index (χ1v) is 9.59. The monoisotopic (exact) mass is 344 g/mol. The van der Waals surface area contributed by atoms with Gasteiger partial charge in [-0.25, -0.2) is 0 Å². The summed E-state index contributed by atoms with van der Waals surface area (Å²) in [5, 5.41) is 3.32. The van der Waals surface area contributed by atoms with Gasteiger partial charge in [0.15, 0.2) is 0 Å². The summed E-state index contributed by atoms with van der Waals surface area (Å²) in [4.78, 5) is 19.3. The van der Waals surface area contributed by atoms with Crippen molar-refractivity contribution in [3.63, 3.8) is 0 Å². The average Bonchev–Trinajstić information content (AvgIpc) is 2.63. The highest BCUT2D eigenvalue weighted by molar-refractivity contribution is 5.78. The fourth-order valence-electron chi connectivity index (χ4n) is 3.96. The molecule has 2 saturated heterocycles. The van der Waals surface area contributed by atoms with Gasteiger partial charge in [-0.3, -0.25) is 9.69 Å². The Kier molecular flexibility index (Phi) is 6.45. The van der Waals surface area contributed by atoms with E-state index in [2.05, 4.69) is 53.5 Å². The molecule has 1 atom stereocenters. The Morgan fingerprint density at radius 2 is 1.84 bits per heavy atom. The minimum absolute atomic E-state index is 0.289. The van der Waals surface area contributed by atoms with Crippen LogP contribution < -0.4 is 5.32 Å². The van der Waals surface area contributed by atoms with Gasteiger partial charge in [-0.2, -0.15) is 0 Å². The molecule has 25 heavy (non-hydrogen) atoms. The Morgan fingerprint density at radius 1 is 1.12 bits per heavy atom. The lowest BCUT2D eigenvalue weighted by Crippen LogP contribution is -2.50. The summed E-state index contributed by atoms with van der Waals surface area (Å²) >= 11 is 0. The van der Waals surface area contributed by atoms with Crippen LogP contribution in [0.3, 0.4) is 0 Å². The van der Waals surface area contributed by atoms with Gasteiger partial charge in [-0.15, -0.1) is 0 Å². The van der Waals surface area contributed by atoms with E-state index in [4.69, 9.17) is 0 Å². The molecule has 5 heteroatoms. The first-order valence-electron chi connectivity index (χ1n) is 9.59. The topological polar surface area (TPSA) is 38.8 Å². The number of benzene rings is 1. The normalized spacial score (nSPS) is 22.4. The lowest BCUT2D eigenvalue weighted by Gasteiger charge is -2.37. The van der Waals surface area contributed by atoms with E-state index in [0.717, 1.165) is 45.7 Å². The molecule has 0 bridgehead atoms. The van der Waals surface area contributed by atoms with Gasteiger partial charge in [0.2, 0.25) is 5.91 Å². The highest BCUT2D eigenvalue weighted by Crippen LogP contribution is 2.31. The summed E-state index contributed by atoms with van der Waals surface area (Å²) in [6.45, 7) is 6.08. The van der Waals surface area contributed by atoms with Gasteiger partial charge in [0.25, 0.3) is 0 Å². The number of carbonyl (C=O) groups is 1. The number of rotatable bonds is 5. The first kappa shape index (κ1) is 18.4. The molecule has 2 heterocycles. The molecule has 2 aliphatic rings. The van der Waals surface area contributed by atoms with Gasteiger partial charge in [0.05, 0.1) is 6.54 Å². The van der Waals surface area contributed by atoms with Crippen molar-refractivity contribution in [2.24, 2.45) is 0 Å². The van der Waals surface area contributed by atoms with Crippen molar-refractivity contribution in [2.75, 3.05) is 53.4 Å². The summed E-state index contributed by atoms with van der Waals surface area (Å²) in [7, 11) is 4.19. The van der Waals surface area contributed by atoms with E-state index in [1.807, 2.05) is 4.90 Å². The molecular formula is C20H32N4O. The number of amides is 1. The fraction of sp³-hybridized carbons (Fsp3) is 0.650. The maximum atomic E-state index is 12.7. The van der Waals surface area contributed by atoms with Crippen LogP contribution in [-0.4, -0.2) is 74.0 Å². The number of piperidine rings is 1. The zero-order valence-corrected chi connectivity index (χ0v) is 15.7. The molecule has 1 amide bonds. The Labute approximate surface area is 152 Å². The van der Waals surface area contributed by atoms with Crippen LogP contribution in [0.5, 0.6) is 0 Å². The SMILES string of the molecule is CN(C)Cc1ccc([C@@H]2CCCCN2CC(=O)N2CCNCC2)cc1. The molecule has 0 aromatic heterocycles. The number of carbonyl (C=O) groups excluding carboxylic acids is 1. The van der Waals surface area contributed by atoms with Crippen molar-refractivity contribution in [1.29, 1.82) is 0 Å². The van der Waals surface area contributed by atoms with E-state index in [1.54, 1.807) is 0 Å². The predicted octanol–water partition coefficient (Wildman–Crippen LogP) is 1.71. The lowest BCUT2D eigenvalue weighted by molar-refractivity contribution is -0.134. The Hall–Kier alpha value is -1.43. The molecule has 5 nitrogen and oxygen atoms in total. The van der Waals surface area contributed by atoms with Crippen LogP contribution in [0.15, 0.2) is 24.3 Å². The summed E-state index contributed by atoms with van der Waals surface area (Å²) in [5.41, 5.74) is 2.70. The average molecular weight is 345 g/mol. The molecule has 0 saturated carbocycles. The fourth-order valence-corrected chi connectivity index (χ4v) is 3.96. The second kappa shape index (κ2) is 8.79. The summed E-state index contributed by atoms with van der Waals surface area (Å²) < 4.78 is 0. The molecule has 1 N–H and O–H groups in total. The summed E-state index contributed by atoms with van der Waals surface area (Å²) in [6, 6.07) is 9.38. The molecule has 0 aliphatic carbocycles. The van der Waals surface area contributed by atoms with Crippen molar-refractivity contribution in [3.05, 3.63) is 35.4 Å². The van der Waals surface area contributed by atoms with Crippen LogP contribution in [0.2, 0.25) is 0 Å². The third-order valence-electron chi connectivity index (χ3n) is 5.29. The zero-order chi connectivity index (χ0) is 17.6. The van der Waals surface area contributed by atoms with Gasteiger partial charge in [-0.05, 0) is 44.6 Å². The maximum Gasteiger partial charge on any atom is 0.236 e. The van der Waals surface area contributed by atoms with Crippen LogP contribution in [0, 0.1) is 0 Å². The largest absolute Gasteiger partial charge is 0.339 e. The van der Waals surface area contributed by atoms with Crippen LogP contribution in [0.4, 0.5) is 0 Å². The molecule has 1 aromatic carbocycles. The molecule has 2 fully saturated rings. The van der Waals surface area contributed by atoms with E-state index < -0.39 is 0 Å². The highest BCUT2D eigenvalue weighted by atomic mass is 16.2.